The predicted octanol–water partition coefficient (Wildman–Crippen LogP) is 1.87. The van der Waals surface area contributed by atoms with Gasteiger partial charge in [0, 0.05) is 37.8 Å². The number of ether oxygens (including phenoxy) is 1. The molecule has 3 heteroatoms. The van der Waals surface area contributed by atoms with E-state index in [1.165, 1.54) is 25.8 Å². The van der Waals surface area contributed by atoms with Crippen LogP contribution in [-0.4, -0.2) is 49.3 Å². The highest BCUT2D eigenvalue weighted by atomic mass is 16.5. The number of nitrogens with zero attached hydrogens (tertiary/aromatic N) is 1. The van der Waals surface area contributed by atoms with Crippen LogP contribution < -0.4 is 5.32 Å². The molecule has 2 aliphatic rings. The Balaban J connectivity index is 2.02. The molecule has 2 aliphatic heterocycles. The first-order chi connectivity index (χ1) is 8.26. The zero-order chi connectivity index (χ0) is 12.3. The Kier molecular flexibility index (Phi) is 4.83. The minimum Gasteiger partial charge on any atom is -0.380 e. The maximum Gasteiger partial charge on any atom is 0.0622 e. The molecule has 0 spiro atoms. The van der Waals surface area contributed by atoms with Crippen LogP contribution in [0.1, 0.15) is 40.0 Å². The summed E-state index contributed by atoms with van der Waals surface area (Å²) >= 11 is 0. The Bertz CT molecular complexity index is 228. The van der Waals surface area contributed by atoms with Crippen LogP contribution in [0.15, 0.2) is 0 Å². The topological polar surface area (TPSA) is 24.5 Å². The predicted molar refractivity (Wildman–Crippen MR) is 71.3 cm³/mol. The second-order valence-electron chi connectivity index (χ2n) is 5.68. The number of nitrogens with one attached hydrogen (secondary N) is 1. The summed E-state index contributed by atoms with van der Waals surface area (Å²) in [6.45, 7) is 11.2. The molecule has 17 heavy (non-hydrogen) atoms. The van der Waals surface area contributed by atoms with Crippen molar-refractivity contribution in [3.8, 4) is 0 Å². The summed E-state index contributed by atoms with van der Waals surface area (Å²) in [5.41, 5.74) is 0. The molecule has 0 aromatic rings. The number of hydrogen-bond donors (Lipinski definition) is 1. The van der Waals surface area contributed by atoms with E-state index in [1.807, 2.05) is 0 Å². The molecule has 0 aromatic heterocycles. The van der Waals surface area contributed by atoms with Gasteiger partial charge in [-0.05, 0) is 18.8 Å². The van der Waals surface area contributed by atoms with E-state index < -0.39 is 0 Å². The van der Waals surface area contributed by atoms with Crippen molar-refractivity contribution in [2.24, 2.45) is 5.92 Å². The molecule has 0 aromatic carbocycles. The molecule has 0 saturated carbocycles. The standard InChI is InChI=1S/C14H28N2O/c1-4-11(3)14-8-15-12(5-2)9-16(14)13-6-7-17-10-13/h11-15H,4-10H2,1-3H3. The first-order valence-electron chi connectivity index (χ1n) is 7.33. The van der Waals surface area contributed by atoms with Crippen LogP contribution in [0, 0.1) is 5.92 Å². The fraction of sp³-hybridized carbons (Fsp3) is 1.00. The van der Waals surface area contributed by atoms with E-state index in [2.05, 4.69) is 31.0 Å². The lowest BCUT2D eigenvalue weighted by molar-refractivity contribution is 0.0425. The van der Waals surface area contributed by atoms with E-state index >= 15 is 0 Å². The molecule has 2 saturated heterocycles. The lowest BCUT2D eigenvalue weighted by Crippen LogP contribution is -2.61. The van der Waals surface area contributed by atoms with Crippen molar-refractivity contribution in [3.05, 3.63) is 0 Å². The summed E-state index contributed by atoms with van der Waals surface area (Å²) < 4.78 is 5.58. The van der Waals surface area contributed by atoms with Gasteiger partial charge in [0.15, 0.2) is 0 Å². The van der Waals surface area contributed by atoms with Crippen molar-refractivity contribution in [2.45, 2.75) is 58.2 Å². The molecular formula is C14H28N2O. The Labute approximate surface area is 106 Å². The van der Waals surface area contributed by atoms with Crippen LogP contribution in [0.4, 0.5) is 0 Å². The van der Waals surface area contributed by atoms with Gasteiger partial charge in [-0.15, -0.1) is 0 Å². The lowest BCUT2D eigenvalue weighted by atomic mass is 9.92. The fourth-order valence-electron chi connectivity index (χ4n) is 3.14. The molecule has 2 heterocycles. The third-order valence-corrected chi connectivity index (χ3v) is 4.64. The summed E-state index contributed by atoms with van der Waals surface area (Å²) in [4.78, 5) is 2.74. The quantitative estimate of drug-likeness (QED) is 0.812. The molecule has 1 N–H and O–H groups in total. The van der Waals surface area contributed by atoms with Gasteiger partial charge in [0.2, 0.25) is 0 Å². The van der Waals surface area contributed by atoms with E-state index in [0.717, 1.165) is 25.7 Å². The maximum absolute atomic E-state index is 5.58. The van der Waals surface area contributed by atoms with Gasteiger partial charge in [0.1, 0.15) is 0 Å². The lowest BCUT2D eigenvalue weighted by Gasteiger charge is -2.45. The van der Waals surface area contributed by atoms with Crippen LogP contribution >= 0.6 is 0 Å². The van der Waals surface area contributed by atoms with Gasteiger partial charge in [0.05, 0.1) is 6.61 Å². The minimum absolute atomic E-state index is 0.671. The SMILES string of the molecule is CCC1CN(C2CCOC2)C(C(C)CC)CN1. The van der Waals surface area contributed by atoms with Gasteiger partial charge >= 0.3 is 0 Å². The van der Waals surface area contributed by atoms with Crippen molar-refractivity contribution in [3.63, 3.8) is 0 Å². The van der Waals surface area contributed by atoms with Crippen LogP contribution in [0.2, 0.25) is 0 Å². The van der Waals surface area contributed by atoms with Crippen LogP contribution in [0.3, 0.4) is 0 Å². The second kappa shape index (κ2) is 6.17. The zero-order valence-corrected chi connectivity index (χ0v) is 11.6. The molecule has 2 rings (SSSR count). The maximum atomic E-state index is 5.58. The highest BCUT2D eigenvalue weighted by Crippen LogP contribution is 2.24. The number of piperazine rings is 1. The molecule has 0 bridgehead atoms. The monoisotopic (exact) mass is 240 g/mol. The third-order valence-electron chi connectivity index (χ3n) is 4.64. The molecule has 4 unspecified atom stereocenters. The van der Waals surface area contributed by atoms with Gasteiger partial charge in [-0.3, -0.25) is 4.90 Å². The summed E-state index contributed by atoms with van der Waals surface area (Å²) in [5, 5.41) is 3.71. The number of rotatable bonds is 4. The highest BCUT2D eigenvalue weighted by Gasteiger charge is 2.35. The largest absolute Gasteiger partial charge is 0.380 e. The van der Waals surface area contributed by atoms with Gasteiger partial charge in [0.25, 0.3) is 0 Å². The van der Waals surface area contributed by atoms with E-state index in [-0.39, 0.29) is 0 Å². The Hall–Kier alpha value is -0.120. The van der Waals surface area contributed by atoms with Crippen LogP contribution in [0.5, 0.6) is 0 Å². The van der Waals surface area contributed by atoms with Crippen molar-refractivity contribution >= 4 is 0 Å². The van der Waals surface area contributed by atoms with E-state index in [0.29, 0.717) is 18.1 Å². The minimum atomic E-state index is 0.671. The molecule has 0 amide bonds. The highest BCUT2D eigenvalue weighted by molar-refractivity contribution is 4.92. The van der Waals surface area contributed by atoms with Crippen molar-refractivity contribution in [2.75, 3.05) is 26.3 Å². The molecule has 2 fully saturated rings. The number of hydrogen-bond acceptors (Lipinski definition) is 3. The van der Waals surface area contributed by atoms with Crippen LogP contribution in [-0.2, 0) is 4.74 Å². The molecule has 100 valence electrons. The third kappa shape index (κ3) is 3.01. The van der Waals surface area contributed by atoms with Crippen molar-refractivity contribution in [1.82, 2.24) is 10.2 Å². The Morgan fingerprint density at radius 3 is 2.82 bits per heavy atom. The average molecular weight is 240 g/mol. The molecule has 0 radical (unpaired) electrons. The Morgan fingerprint density at radius 2 is 2.24 bits per heavy atom. The smallest absolute Gasteiger partial charge is 0.0622 e. The van der Waals surface area contributed by atoms with E-state index in [4.69, 9.17) is 4.74 Å². The normalized spacial score (nSPS) is 37.2. The fourth-order valence-corrected chi connectivity index (χ4v) is 3.14. The van der Waals surface area contributed by atoms with Gasteiger partial charge in [-0.25, -0.2) is 0 Å². The summed E-state index contributed by atoms with van der Waals surface area (Å²) in [6, 6.07) is 2.05. The molecular weight excluding hydrogens is 212 g/mol. The summed E-state index contributed by atoms with van der Waals surface area (Å²) in [7, 11) is 0. The zero-order valence-electron chi connectivity index (χ0n) is 11.6. The molecule has 3 nitrogen and oxygen atoms in total. The van der Waals surface area contributed by atoms with Gasteiger partial charge in [-0.1, -0.05) is 27.2 Å². The Morgan fingerprint density at radius 1 is 1.41 bits per heavy atom. The molecule has 0 aliphatic carbocycles. The van der Waals surface area contributed by atoms with Crippen LogP contribution in [0.25, 0.3) is 0 Å². The van der Waals surface area contributed by atoms with Crippen molar-refractivity contribution < 1.29 is 4.74 Å². The van der Waals surface area contributed by atoms with Gasteiger partial charge in [-0.2, -0.15) is 0 Å². The van der Waals surface area contributed by atoms with E-state index in [9.17, 15) is 0 Å². The van der Waals surface area contributed by atoms with E-state index in [1.54, 1.807) is 0 Å². The average Bonchev–Trinajstić information content (AvgIpc) is 2.91. The second-order valence-corrected chi connectivity index (χ2v) is 5.68. The molecule has 4 atom stereocenters. The summed E-state index contributed by atoms with van der Waals surface area (Å²) in [6.07, 6.45) is 3.73. The first kappa shape index (κ1) is 13.3. The van der Waals surface area contributed by atoms with Crippen molar-refractivity contribution in [1.29, 1.82) is 0 Å². The first-order valence-corrected chi connectivity index (χ1v) is 7.33. The summed E-state index contributed by atoms with van der Waals surface area (Å²) in [5.74, 6) is 0.779. The van der Waals surface area contributed by atoms with Gasteiger partial charge < -0.3 is 10.1 Å².